The summed E-state index contributed by atoms with van der Waals surface area (Å²) < 4.78 is 10.5. The van der Waals surface area contributed by atoms with Crippen molar-refractivity contribution in [1.82, 2.24) is 4.98 Å². The summed E-state index contributed by atoms with van der Waals surface area (Å²) in [6, 6.07) is 6.97. The predicted octanol–water partition coefficient (Wildman–Crippen LogP) is 1.54. The van der Waals surface area contributed by atoms with Gasteiger partial charge in [0.2, 0.25) is 5.88 Å². The second-order valence-corrected chi connectivity index (χ2v) is 3.17. The molecular formula is C11H11N3O2. The molecule has 0 unspecified atom stereocenters. The average Bonchev–Trinajstić information content (AvgIpc) is 2.80. The summed E-state index contributed by atoms with van der Waals surface area (Å²) in [7, 11) is 0. The van der Waals surface area contributed by atoms with Gasteiger partial charge in [-0.05, 0) is 18.2 Å². The van der Waals surface area contributed by atoms with Crippen LogP contribution in [-0.4, -0.2) is 10.8 Å². The number of nitrogens with zero attached hydrogens (tertiary/aromatic N) is 1. The van der Waals surface area contributed by atoms with E-state index in [9.17, 15) is 0 Å². The van der Waals surface area contributed by atoms with Crippen LogP contribution in [0.25, 0.3) is 0 Å². The van der Waals surface area contributed by atoms with E-state index in [1.165, 1.54) is 6.20 Å². The largest absolute Gasteiger partial charge is 0.469 e. The van der Waals surface area contributed by atoms with Gasteiger partial charge in [-0.1, -0.05) is 0 Å². The zero-order chi connectivity index (χ0) is 11.4. The van der Waals surface area contributed by atoms with Gasteiger partial charge in [0.1, 0.15) is 18.2 Å². The highest BCUT2D eigenvalue weighted by Gasteiger charge is 2.00. The van der Waals surface area contributed by atoms with Gasteiger partial charge in [0.05, 0.1) is 6.26 Å². The molecule has 0 atom stereocenters. The van der Waals surface area contributed by atoms with Crippen LogP contribution in [0.15, 0.2) is 41.1 Å². The normalized spacial score (nSPS) is 10.0. The number of hydrogen-bond donors (Lipinski definition) is 2. The number of furan rings is 1. The molecule has 2 aromatic heterocycles. The first-order valence-corrected chi connectivity index (χ1v) is 4.71. The Bertz CT molecular complexity index is 462. The van der Waals surface area contributed by atoms with Crippen molar-refractivity contribution in [2.45, 2.75) is 6.61 Å². The van der Waals surface area contributed by atoms with Crippen LogP contribution in [0, 0.1) is 5.41 Å². The third kappa shape index (κ3) is 2.38. The van der Waals surface area contributed by atoms with E-state index in [2.05, 4.69) is 4.98 Å². The SMILES string of the molecule is N=C(N)c1ccc(OCc2ccco2)nc1. The first-order chi connectivity index (χ1) is 7.75. The van der Waals surface area contributed by atoms with Crippen molar-refractivity contribution in [3.8, 4) is 5.88 Å². The van der Waals surface area contributed by atoms with Gasteiger partial charge in [-0.25, -0.2) is 4.98 Å². The lowest BCUT2D eigenvalue weighted by Gasteiger charge is -2.03. The summed E-state index contributed by atoms with van der Waals surface area (Å²) in [5.41, 5.74) is 5.88. The van der Waals surface area contributed by atoms with Gasteiger partial charge >= 0.3 is 0 Å². The summed E-state index contributed by atoms with van der Waals surface area (Å²) in [5.74, 6) is 1.20. The average molecular weight is 217 g/mol. The fourth-order valence-electron chi connectivity index (χ4n) is 1.16. The molecule has 0 bridgehead atoms. The first kappa shape index (κ1) is 10.2. The van der Waals surface area contributed by atoms with Crippen molar-refractivity contribution < 1.29 is 9.15 Å². The van der Waals surface area contributed by atoms with E-state index in [-0.39, 0.29) is 5.84 Å². The fourth-order valence-corrected chi connectivity index (χ4v) is 1.16. The monoisotopic (exact) mass is 217 g/mol. The van der Waals surface area contributed by atoms with Crippen LogP contribution in [0.5, 0.6) is 5.88 Å². The Morgan fingerprint density at radius 3 is 2.88 bits per heavy atom. The van der Waals surface area contributed by atoms with E-state index in [1.54, 1.807) is 24.5 Å². The Kier molecular flexibility index (Phi) is 2.86. The lowest BCUT2D eigenvalue weighted by Crippen LogP contribution is -2.11. The number of nitrogens with two attached hydrogens (primary N) is 1. The fraction of sp³-hybridized carbons (Fsp3) is 0.0909. The molecule has 0 aromatic carbocycles. The smallest absolute Gasteiger partial charge is 0.213 e. The van der Waals surface area contributed by atoms with E-state index in [4.69, 9.17) is 20.3 Å². The highest BCUT2D eigenvalue weighted by molar-refractivity contribution is 5.94. The molecule has 82 valence electrons. The summed E-state index contributed by atoms with van der Waals surface area (Å²) in [6.45, 7) is 0.333. The van der Waals surface area contributed by atoms with Gasteiger partial charge in [-0.15, -0.1) is 0 Å². The summed E-state index contributed by atoms with van der Waals surface area (Å²) in [4.78, 5) is 4.01. The minimum Gasteiger partial charge on any atom is -0.469 e. The van der Waals surface area contributed by atoms with Gasteiger partial charge in [-0.3, -0.25) is 5.41 Å². The molecule has 3 N–H and O–H groups in total. The molecule has 5 nitrogen and oxygen atoms in total. The predicted molar refractivity (Wildman–Crippen MR) is 58.3 cm³/mol. The zero-order valence-corrected chi connectivity index (χ0v) is 8.51. The quantitative estimate of drug-likeness (QED) is 0.600. The molecular weight excluding hydrogens is 206 g/mol. The number of aromatic nitrogens is 1. The van der Waals surface area contributed by atoms with Crippen molar-refractivity contribution in [1.29, 1.82) is 5.41 Å². The molecule has 2 heterocycles. The highest BCUT2D eigenvalue weighted by Crippen LogP contribution is 2.10. The van der Waals surface area contributed by atoms with Crippen molar-refractivity contribution in [2.75, 3.05) is 0 Å². The molecule has 0 aliphatic rings. The van der Waals surface area contributed by atoms with Crippen molar-refractivity contribution in [3.05, 3.63) is 48.0 Å². The van der Waals surface area contributed by atoms with E-state index in [0.29, 0.717) is 18.1 Å². The van der Waals surface area contributed by atoms with E-state index in [1.807, 2.05) is 6.07 Å². The standard InChI is InChI=1S/C11H11N3O2/c12-11(13)8-3-4-10(14-6-8)16-7-9-2-1-5-15-9/h1-6H,7H2,(H3,12,13). The molecule has 0 radical (unpaired) electrons. The van der Waals surface area contributed by atoms with Gasteiger partial charge in [0, 0.05) is 17.8 Å². The number of pyridine rings is 1. The number of hydrogen-bond acceptors (Lipinski definition) is 4. The topological polar surface area (TPSA) is 85.1 Å². The Morgan fingerprint density at radius 2 is 2.31 bits per heavy atom. The van der Waals surface area contributed by atoms with Gasteiger partial charge in [0.25, 0.3) is 0 Å². The van der Waals surface area contributed by atoms with Crippen molar-refractivity contribution in [2.24, 2.45) is 5.73 Å². The number of ether oxygens (including phenoxy) is 1. The number of nitrogens with one attached hydrogen (secondary N) is 1. The van der Waals surface area contributed by atoms with E-state index >= 15 is 0 Å². The lowest BCUT2D eigenvalue weighted by atomic mass is 10.3. The molecule has 0 spiro atoms. The molecule has 5 heteroatoms. The van der Waals surface area contributed by atoms with Crippen LogP contribution in [-0.2, 0) is 6.61 Å². The Hall–Kier alpha value is -2.30. The molecule has 2 aromatic rings. The zero-order valence-electron chi connectivity index (χ0n) is 8.51. The lowest BCUT2D eigenvalue weighted by molar-refractivity contribution is 0.260. The first-order valence-electron chi connectivity index (χ1n) is 4.71. The summed E-state index contributed by atoms with van der Waals surface area (Å²) >= 11 is 0. The van der Waals surface area contributed by atoms with Gasteiger partial charge in [0.15, 0.2) is 0 Å². The van der Waals surface area contributed by atoms with Gasteiger partial charge < -0.3 is 14.9 Å². The van der Waals surface area contributed by atoms with Crippen LogP contribution < -0.4 is 10.5 Å². The molecule has 0 fully saturated rings. The van der Waals surface area contributed by atoms with Crippen LogP contribution >= 0.6 is 0 Å². The van der Waals surface area contributed by atoms with Crippen LogP contribution in [0.1, 0.15) is 11.3 Å². The van der Waals surface area contributed by atoms with Crippen molar-refractivity contribution >= 4 is 5.84 Å². The third-order valence-corrected chi connectivity index (χ3v) is 1.99. The third-order valence-electron chi connectivity index (χ3n) is 1.99. The summed E-state index contributed by atoms with van der Waals surface area (Å²) in [5, 5.41) is 7.20. The van der Waals surface area contributed by atoms with Crippen molar-refractivity contribution in [3.63, 3.8) is 0 Å². The van der Waals surface area contributed by atoms with Crippen LogP contribution in [0.2, 0.25) is 0 Å². The molecule has 2 rings (SSSR count). The van der Waals surface area contributed by atoms with Gasteiger partial charge in [-0.2, -0.15) is 0 Å². The minimum absolute atomic E-state index is 0.00918. The Balaban J connectivity index is 1.98. The van der Waals surface area contributed by atoms with E-state index in [0.717, 1.165) is 5.76 Å². The molecule has 0 amide bonds. The summed E-state index contributed by atoms with van der Waals surface area (Å²) in [6.07, 6.45) is 3.09. The van der Waals surface area contributed by atoms with E-state index < -0.39 is 0 Å². The molecule has 0 saturated heterocycles. The molecule has 0 aliphatic carbocycles. The van der Waals surface area contributed by atoms with Crippen LogP contribution in [0.4, 0.5) is 0 Å². The number of amidine groups is 1. The maximum atomic E-state index is 7.20. The Labute approximate surface area is 92.4 Å². The minimum atomic E-state index is -0.00918. The molecule has 16 heavy (non-hydrogen) atoms. The second kappa shape index (κ2) is 4.48. The number of nitrogen functional groups attached to an aromatic ring is 1. The van der Waals surface area contributed by atoms with Crippen LogP contribution in [0.3, 0.4) is 0 Å². The number of rotatable bonds is 4. The second-order valence-electron chi connectivity index (χ2n) is 3.17. The maximum Gasteiger partial charge on any atom is 0.213 e. The molecule has 0 aliphatic heterocycles. The maximum absolute atomic E-state index is 7.20. The molecule has 0 saturated carbocycles. The Morgan fingerprint density at radius 1 is 1.44 bits per heavy atom. The highest BCUT2D eigenvalue weighted by atomic mass is 16.5.